The van der Waals surface area contributed by atoms with Crippen molar-refractivity contribution in [1.29, 1.82) is 0 Å². The van der Waals surface area contributed by atoms with Gasteiger partial charge in [-0.2, -0.15) is 0 Å². The molecule has 3 aromatic carbocycles. The third kappa shape index (κ3) is 5.24. The minimum atomic E-state index is -0.434. The lowest BCUT2D eigenvalue weighted by Gasteiger charge is -2.17. The summed E-state index contributed by atoms with van der Waals surface area (Å²) in [6, 6.07) is 15.9. The van der Waals surface area contributed by atoms with Crippen molar-refractivity contribution in [1.82, 2.24) is 10.3 Å². The Bertz CT molecular complexity index is 1400. The Morgan fingerprint density at radius 1 is 0.914 bits per heavy atom. The van der Waals surface area contributed by atoms with E-state index in [1.54, 1.807) is 14.2 Å². The Balaban J connectivity index is 1.78. The molecule has 7 nitrogen and oxygen atoms in total. The zero-order valence-electron chi connectivity index (χ0n) is 21.0. The monoisotopic (exact) mass is 473 g/mol. The van der Waals surface area contributed by atoms with E-state index in [0.717, 1.165) is 38.7 Å². The van der Waals surface area contributed by atoms with Gasteiger partial charge in [0.2, 0.25) is 0 Å². The Morgan fingerprint density at radius 2 is 1.57 bits per heavy atom. The predicted molar refractivity (Wildman–Crippen MR) is 140 cm³/mol. The van der Waals surface area contributed by atoms with E-state index in [2.05, 4.69) is 36.6 Å². The number of aromatic nitrogens is 1. The summed E-state index contributed by atoms with van der Waals surface area (Å²) >= 11 is 0. The summed E-state index contributed by atoms with van der Waals surface area (Å²) in [6.45, 7) is 8.14. The molecule has 4 rings (SSSR count). The van der Waals surface area contributed by atoms with Gasteiger partial charge in [-0.1, -0.05) is 12.1 Å². The lowest BCUT2D eigenvalue weighted by Crippen LogP contribution is -2.30. The molecule has 0 saturated heterocycles. The molecule has 1 heterocycles. The molecular weight excluding hydrogens is 442 g/mol. The van der Waals surface area contributed by atoms with Crippen LogP contribution >= 0.6 is 0 Å². The molecule has 2 N–H and O–H groups in total. The molecule has 0 radical (unpaired) electrons. The van der Waals surface area contributed by atoms with E-state index in [1.165, 1.54) is 11.1 Å². The average Bonchev–Trinajstić information content (AvgIpc) is 2.83. The highest BCUT2D eigenvalue weighted by Gasteiger charge is 2.15. The summed E-state index contributed by atoms with van der Waals surface area (Å²) in [5.41, 5.74) is 6.71. The molecule has 0 atom stereocenters. The lowest BCUT2D eigenvalue weighted by molar-refractivity contribution is 0.137. The molecule has 0 unspecified atom stereocenters. The van der Waals surface area contributed by atoms with E-state index < -0.39 is 6.09 Å². The second-order valence-electron chi connectivity index (χ2n) is 8.87. The summed E-state index contributed by atoms with van der Waals surface area (Å²) < 4.78 is 16.4. The number of nitrogens with one attached hydrogen (secondary N) is 2. The first-order valence-corrected chi connectivity index (χ1v) is 11.5. The fraction of sp³-hybridized carbons (Fsp3) is 0.286. The van der Waals surface area contributed by atoms with E-state index in [0.29, 0.717) is 11.5 Å². The lowest BCUT2D eigenvalue weighted by atomic mass is 10.0. The van der Waals surface area contributed by atoms with Crippen LogP contribution in [0.2, 0.25) is 0 Å². The maximum atomic E-state index is 11.9. The zero-order valence-corrected chi connectivity index (χ0v) is 21.0. The van der Waals surface area contributed by atoms with Gasteiger partial charge in [0.15, 0.2) is 11.5 Å². The predicted octanol–water partition coefficient (Wildman–Crippen LogP) is 6.40. The Kier molecular flexibility index (Phi) is 6.96. The van der Waals surface area contributed by atoms with Gasteiger partial charge in [-0.3, -0.25) is 0 Å². The summed E-state index contributed by atoms with van der Waals surface area (Å²) in [5.74, 6) is 1.26. The Morgan fingerprint density at radius 3 is 2.29 bits per heavy atom. The molecule has 182 valence electrons. The van der Waals surface area contributed by atoms with Gasteiger partial charge in [-0.15, -0.1) is 0 Å². The molecular formula is C28H31N3O4. The van der Waals surface area contributed by atoms with Crippen LogP contribution in [-0.4, -0.2) is 31.3 Å². The number of hydrogen-bond donors (Lipinski definition) is 2. The number of amides is 1. The molecule has 1 amide bonds. The first kappa shape index (κ1) is 24.1. The summed E-state index contributed by atoms with van der Waals surface area (Å²) in [4.78, 5) is 16.8. The summed E-state index contributed by atoms with van der Waals surface area (Å²) in [5, 5.41) is 8.24. The van der Waals surface area contributed by atoms with Crippen LogP contribution in [0.4, 0.5) is 16.2 Å². The molecule has 4 aromatic rings. The Labute approximate surface area is 205 Å². The number of carbonyl (C=O) groups excluding carboxylic acids is 1. The molecule has 0 aliphatic carbocycles. The van der Waals surface area contributed by atoms with Crippen molar-refractivity contribution >= 4 is 39.3 Å². The van der Waals surface area contributed by atoms with Crippen molar-refractivity contribution in [2.45, 2.75) is 40.3 Å². The maximum absolute atomic E-state index is 11.9. The smallest absolute Gasteiger partial charge is 0.407 e. The minimum Gasteiger partial charge on any atom is -0.493 e. The molecule has 0 fully saturated rings. The number of pyridine rings is 1. The number of aryl methyl sites for hydroxylation is 2. The maximum Gasteiger partial charge on any atom is 0.407 e. The van der Waals surface area contributed by atoms with Gasteiger partial charge in [0, 0.05) is 28.6 Å². The molecule has 0 saturated carbocycles. The number of hydrogen-bond acceptors (Lipinski definition) is 6. The topological polar surface area (TPSA) is 81.7 Å². The van der Waals surface area contributed by atoms with Crippen molar-refractivity contribution in [2.24, 2.45) is 0 Å². The molecule has 0 bridgehead atoms. The van der Waals surface area contributed by atoms with Crippen molar-refractivity contribution in [2.75, 3.05) is 19.5 Å². The highest BCUT2D eigenvalue weighted by molar-refractivity contribution is 6.09. The fourth-order valence-electron chi connectivity index (χ4n) is 3.97. The van der Waals surface area contributed by atoms with Gasteiger partial charge in [0.25, 0.3) is 0 Å². The zero-order chi connectivity index (χ0) is 25.1. The first-order valence-electron chi connectivity index (χ1n) is 11.5. The third-order valence-electron chi connectivity index (χ3n) is 5.87. The fourth-order valence-corrected chi connectivity index (χ4v) is 3.97. The second-order valence-corrected chi connectivity index (χ2v) is 8.87. The van der Waals surface area contributed by atoms with Gasteiger partial charge in [0.1, 0.15) is 6.61 Å². The third-order valence-corrected chi connectivity index (χ3v) is 5.87. The van der Waals surface area contributed by atoms with Gasteiger partial charge >= 0.3 is 6.09 Å². The van der Waals surface area contributed by atoms with E-state index in [4.69, 9.17) is 19.2 Å². The number of rotatable bonds is 7. The van der Waals surface area contributed by atoms with Crippen molar-refractivity contribution < 1.29 is 19.0 Å². The van der Waals surface area contributed by atoms with E-state index >= 15 is 0 Å². The van der Waals surface area contributed by atoms with Crippen molar-refractivity contribution in [3.8, 4) is 11.5 Å². The number of anilines is 2. The highest BCUT2D eigenvalue weighted by Crippen LogP contribution is 2.39. The van der Waals surface area contributed by atoms with E-state index in [9.17, 15) is 4.79 Å². The number of methoxy groups -OCH3 is 2. The van der Waals surface area contributed by atoms with Crippen molar-refractivity contribution in [3.63, 3.8) is 0 Å². The van der Waals surface area contributed by atoms with Crippen LogP contribution in [0, 0.1) is 13.8 Å². The van der Waals surface area contributed by atoms with Gasteiger partial charge in [-0.25, -0.2) is 9.78 Å². The normalized spacial score (nSPS) is 11.1. The summed E-state index contributed by atoms with van der Waals surface area (Å²) in [7, 11) is 3.24. The highest BCUT2D eigenvalue weighted by atomic mass is 16.5. The molecule has 0 aliphatic heterocycles. The SMILES string of the molecule is COc1cc2nc3cc(C)c(C)cc3c(Nc3cccc(COC(=O)NC(C)C)c3)c2cc1OC. The number of carbonyl (C=O) groups is 1. The standard InChI is InChI=1S/C28H31N3O4/c1-16(2)29-28(32)35-15-19-8-7-9-20(12-19)30-27-21-10-17(3)18(4)11-23(21)31-24-14-26(34-6)25(33-5)13-22(24)27/h7-14,16H,15H2,1-6H3,(H,29,32)(H,30,31). The summed E-state index contributed by atoms with van der Waals surface area (Å²) in [6.07, 6.45) is -0.434. The van der Waals surface area contributed by atoms with Crippen molar-refractivity contribution in [3.05, 3.63) is 65.2 Å². The molecule has 35 heavy (non-hydrogen) atoms. The number of nitrogens with zero attached hydrogens (tertiary/aromatic N) is 1. The Hall–Kier alpha value is -4.00. The first-order chi connectivity index (χ1) is 16.8. The molecule has 0 aliphatic rings. The molecule has 0 spiro atoms. The number of fused-ring (bicyclic) bond motifs is 2. The van der Waals surface area contributed by atoms with Crippen LogP contribution in [0.1, 0.15) is 30.5 Å². The number of alkyl carbamates (subject to hydrolysis) is 1. The second kappa shape index (κ2) is 10.1. The van der Waals surface area contributed by atoms with Gasteiger partial charge in [-0.05, 0) is 74.7 Å². The molecule has 1 aromatic heterocycles. The van der Waals surface area contributed by atoms with Crippen LogP contribution in [0.5, 0.6) is 11.5 Å². The van der Waals surface area contributed by atoms with E-state index in [1.807, 2.05) is 50.2 Å². The van der Waals surface area contributed by atoms with Gasteiger partial charge < -0.3 is 24.8 Å². The van der Waals surface area contributed by atoms with E-state index in [-0.39, 0.29) is 12.6 Å². The van der Waals surface area contributed by atoms with Crippen LogP contribution in [0.15, 0.2) is 48.5 Å². The minimum absolute atomic E-state index is 0.0199. The van der Waals surface area contributed by atoms with Crippen LogP contribution in [0.25, 0.3) is 21.8 Å². The molecule has 7 heteroatoms. The number of ether oxygens (including phenoxy) is 3. The van der Waals surface area contributed by atoms with Crippen LogP contribution in [-0.2, 0) is 11.3 Å². The van der Waals surface area contributed by atoms with Gasteiger partial charge in [0.05, 0.1) is 30.9 Å². The quantitative estimate of drug-likeness (QED) is 0.302. The number of benzene rings is 3. The van der Waals surface area contributed by atoms with Crippen LogP contribution < -0.4 is 20.1 Å². The van der Waals surface area contributed by atoms with Crippen LogP contribution in [0.3, 0.4) is 0 Å². The average molecular weight is 474 g/mol. The largest absolute Gasteiger partial charge is 0.493 e.